The van der Waals surface area contributed by atoms with Gasteiger partial charge in [0.1, 0.15) is 5.82 Å². The van der Waals surface area contributed by atoms with Crippen molar-refractivity contribution in [1.29, 1.82) is 0 Å². The number of benzene rings is 2. The Kier molecular flexibility index (Phi) is 5.19. The fraction of sp³-hybridized carbons (Fsp3) is 0.238. The summed E-state index contributed by atoms with van der Waals surface area (Å²) in [5.74, 6) is 1.53. The smallest absolute Gasteiger partial charge is 0.229 e. The lowest BCUT2D eigenvalue weighted by Crippen LogP contribution is -2.31. The molecule has 0 amide bonds. The number of aromatic nitrogens is 2. The first kappa shape index (κ1) is 18.1. The molecular weight excluding hydrogens is 379 g/mol. The predicted octanol–water partition coefficient (Wildman–Crippen LogP) is 5.65. The second kappa shape index (κ2) is 7.75. The highest BCUT2D eigenvalue weighted by molar-refractivity contribution is 6.31. The van der Waals surface area contributed by atoms with Gasteiger partial charge in [-0.15, -0.1) is 0 Å². The molecule has 27 heavy (non-hydrogen) atoms. The number of nitrogens with zero attached hydrogens (tertiary/aromatic N) is 3. The monoisotopic (exact) mass is 398 g/mol. The van der Waals surface area contributed by atoms with Crippen LogP contribution in [0.2, 0.25) is 10.0 Å². The van der Waals surface area contributed by atoms with Crippen molar-refractivity contribution in [3.8, 4) is 0 Å². The van der Waals surface area contributed by atoms with Crippen LogP contribution < -0.4 is 10.2 Å². The van der Waals surface area contributed by atoms with Crippen LogP contribution in [0, 0.1) is 0 Å². The van der Waals surface area contributed by atoms with Gasteiger partial charge in [0.25, 0.3) is 0 Å². The minimum absolute atomic E-state index is 0.591. The summed E-state index contributed by atoms with van der Waals surface area (Å²) in [6.45, 7) is 3.83. The van der Waals surface area contributed by atoms with E-state index in [2.05, 4.69) is 40.3 Å². The van der Waals surface area contributed by atoms with Gasteiger partial charge in [0.05, 0.1) is 0 Å². The maximum atomic E-state index is 6.13. The number of aryl methyl sites for hydroxylation is 1. The molecular formula is C21H20Cl2N4. The Hall–Kier alpha value is -2.30. The zero-order chi connectivity index (χ0) is 18.8. The van der Waals surface area contributed by atoms with Gasteiger partial charge in [0, 0.05) is 40.6 Å². The van der Waals surface area contributed by atoms with Crippen LogP contribution in [-0.4, -0.2) is 16.5 Å². The first-order chi connectivity index (χ1) is 13.1. The SMILES string of the molecule is CCc1cc(N2CCc3cc(Cl)ccc3C2)nc(Nc2cccc(Cl)c2)n1. The van der Waals surface area contributed by atoms with E-state index >= 15 is 0 Å². The summed E-state index contributed by atoms with van der Waals surface area (Å²) >= 11 is 12.2. The molecule has 3 aromatic rings. The van der Waals surface area contributed by atoms with Crippen molar-refractivity contribution in [2.75, 3.05) is 16.8 Å². The highest BCUT2D eigenvalue weighted by Gasteiger charge is 2.19. The van der Waals surface area contributed by atoms with E-state index in [0.717, 1.165) is 48.2 Å². The van der Waals surface area contributed by atoms with Crippen molar-refractivity contribution < 1.29 is 0 Å². The van der Waals surface area contributed by atoms with E-state index in [-0.39, 0.29) is 0 Å². The molecule has 1 N–H and O–H groups in total. The summed E-state index contributed by atoms with van der Waals surface area (Å²) in [6, 6.07) is 15.8. The number of nitrogens with one attached hydrogen (secondary N) is 1. The molecule has 2 aromatic carbocycles. The van der Waals surface area contributed by atoms with Gasteiger partial charge in [0.2, 0.25) is 5.95 Å². The molecule has 1 aromatic heterocycles. The van der Waals surface area contributed by atoms with E-state index in [0.29, 0.717) is 11.0 Å². The average Bonchev–Trinajstić information content (AvgIpc) is 2.67. The van der Waals surface area contributed by atoms with Gasteiger partial charge in [-0.2, -0.15) is 4.98 Å². The molecule has 4 rings (SSSR count). The zero-order valence-corrected chi connectivity index (χ0v) is 16.6. The molecule has 4 nitrogen and oxygen atoms in total. The highest BCUT2D eigenvalue weighted by Crippen LogP contribution is 2.27. The van der Waals surface area contributed by atoms with E-state index in [4.69, 9.17) is 28.2 Å². The lowest BCUT2D eigenvalue weighted by Gasteiger charge is -2.30. The van der Waals surface area contributed by atoms with Crippen molar-refractivity contribution in [2.24, 2.45) is 0 Å². The van der Waals surface area contributed by atoms with Crippen LogP contribution in [0.25, 0.3) is 0 Å². The molecule has 0 atom stereocenters. The molecule has 0 fully saturated rings. The van der Waals surface area contributed by atoms with Gasteiger partial charge in [-0.1, -0.05) is 42.3 Å². The second-order valence-corrected chi connectivity index (χ2v) is 7.49. The van der Waals surface area contributed by atoms with E-state index in [1.165, 1.54) is 11.1 Å². The van der Waals surface area contributed by atoms with Crippen molar-refractivity contribution >= 4 is 40.7 Å². The fourth-order valence-corrected chi connectivity index (χ4v) is 3.68. The summed E-state index contributed by atoms with van der Waals surface area (Å²) in [6.07, 6.45) is 1.80. The number of hydrogen-bond acceptors (Lipinski definition) is 4. The van der Waals surface area contributed by atoms with Crippen LogP contribution in [0.15, 0.2) is 48.5 Å². The summed E-state index contributed by atoms with van der Waals surface area (Å²) in [5.41, 5.74) is 4.50. The molecule has 0 spiro atoms. The van der Waals surface area contributed by atoms with Crippen LogP contribution in [0.1, 0.15) is 23.7 Å². The van der Waals surface area contributed by atoms with Gasteiger partial charge in [0.15, 0.2) is 0 Å². The van der Waals surface area contributed by atoms with Crippen LogP contribution >= 0.6 is 23.2 Å². The molecule has 0 radical (unpaired) electrons. The third-order valence-corrected chi connectivity index (χ3v) is 5.18. The maximum absolute atomic E-state index is 6.13. The topological polar surface area (TPSA) is 41.1 Å². The largest absolute Gasteiger partial charge is 0.352 e. The third kappa shape index (κ3) is 4.18. The summed E-state index contributed by atoms with van der Waals surface area (Å²) in [4.78, 5) is 11.7. The van der Waals surface area contributed by atoms with Gasteiger partial charge in [-0.3, -0.25) is 0 Å². The van der Waals surface area contributed by atoms with Crippen LogP contribution in [0.5, 0.6) is 0 Å². The molecule has 2 heterocycles. The summed E-state index contributed by atoms with van der Waals surface area (Å²) in [7, 11) is 0. The lowest BCUT2D eigenvalue weighted by molar-refractivity contribution is 0.718. The summed E-state index contributed by atoms with van der Waals surface area (Å²) < 4.78 is 0. The molecule has 0 unspecified atom stereocenters. The van der Waals surface area contributed by atoms with Gasteiger partial charge >= 0.3 is 0 Å². The van der Waals surface area contributed by atoms with E-state index in [9.17, 15) is 0 Å². The van der Waals surface area contributed by atoms with E-state index in [1.807, 2.05) is 30.3 Å². The number of halogens is 2. The number of rotatable bonds is 4. The molecule has 0 saturated carbocycles. The van der Waals surface area contributed by atoms with Crippen molar-refractivity contribution in [1.82, 2.24) is 9.97 Å². The molecule has 138 valence electrons. The Morgan fingerprint density at radius 2 is 1.85 bits per heavy atom. The van der Waals surface area contributed by atoms with Gasteiger partial charge < -0.3 is 10.2 Å². The first-order valence-corrected chi connectivity index (χ1v) is 9.79. The Bertz CT molecular complexity index is 974. The zero-order valence-electron chi connectivity index (χ0n) is 15.0. The van der Waals surface area contributed by atoms with E-state index in [1.54, 1.807) is 0 Å². The fourth-order valence-electron chi connectivity index (χ4n) is 3.29. The Balaban J connectivity index is 1.62. The van der Waals surface area contributed by atoms with Crippen molar-refractivity contribution in [2.45, 2.75) is 26.3 Å². The minimum Gasteiger partial charge on any atom is -0.352 e. The maximum Gasteiger partial charge on any atom is 0.229 e. The number of anilines is 3. The van der Waals surface area contributed by atoms with Gasteiger partial charge in [-0.25, -0.2) is 4.98 Å². The van der Waals surface area contributed by atoms with Crippen LogP contribution in [0.3, 0.4) is 0 Å². The third-order valence-electron chi connectivity index (χ3n) is 4.71. The molecule has 0 saturated heterocycles. The number of hydrogen-bond donors (Lipinski definition) is 1. The number of fused-ring (bicyclic) bond motifs is 1. The Labute approximate surface area is 169 Å². The molecule has 0 bridgehead atoms. The van der Waals surface area contributed by atoms with Crippen LogP contribution in [-0.2, 0) is 19.4 Å². The molecule has 1 aliphatic heterocycles. The average molecular weight is 399 g/mol. The Morgan fingerprint density at radius 3 is 2.67 bits per heavy atom. The van der Waals surface area contributed by atoms with Crippen LogP contribution in [0.4, 0.5) is 17.5 Å². The van der Waals surface area contributed by atoms with Gasteiger partial charge in [-0.05, 0) is 54.3 Å². The Morgan fingerprint density at radius 1 is 1.00 bits per heavy atom. The lowest BCUT2D eigenvalue weighted by atomic mass is 10.00. The standard InChI is InChI=1S/C21H20Cl2N4/c1-2-18-12-20(26-21(24-18)25-19-5-3-4-16(22)11-19)27-9-8-14-10-17(23)7-6-15(14)13-27/h3-7,10-12H,2,8-9,13H2,1H3,(H,24,25,26). The predicted molar refractivity (Wildman–Crippen MR) is 112 cm³/mol. The van der Waals surface area contributed by atoms with Crippen molar-refractivity contribution in [3.63, 3.8) is 0 Å². The molecule has 1 aliphatic rings. The van der Waals surface area contributed by atoms with Crippen molar-refractivity contribution in [3.05, 3.63) is 75.4 Å². The molecule has 6 heteroatoms. The first-order valence-electron chi connectivity index (χ1n) is 9.03. The highest BCUT2D eigenvalue weighted by atomic mass is 35.5. The minimum atomic E-state index is 0.591. The normalized spacial score (nSPS) is 13.4. The quantitative estimate of drug-likeness (QED) is 0.615. The summed E-state index contributed by atoms with van der Waals surface area (Å²) in [5, 5.41) is 4.75. The van der Waals surface area contributed by atoms with E-state index < -0.39 is 0 Å². The second-order valence-electron chi connectivity index (χ2n) is 6.61. The molecule has 0 aliphatic carbocycles.